The molecule has 4 nitrogen and oxygen atoms in total. The predicted octanol–water partition coefficient (Wildman–Crippen LogP) is 3.68. The van der Waals surface area contributed by atoms with Gasteiger partial charge in [-0.3, -0.25) is 4.90 Å². The van der Waals surface area contributed by atoms with E-state index in [4.69, 9.17) is 0 Å². The summed E-state index contributed by atoms with van der Waals surface area (Å²) in [6, 6.07) is 0.355. The first-order valence-electron chi connectivity index (χ1n) is 13.5. The molecule has 4 heteroatoms. The maximum absolute atomic E-state index is 11.8. The summed E-state index contributed by atoms with van der Waals surface area (Å²) in [5.41, 5.74) is -0.365. The Bertz CT molecular complexity index is 711. The van der Waals surface area contributed by atoms with Crippen molar-refractivity contribution in [2.45, 2.75) is 102 Å². The molecule has 0 aromatic heterocycles. The molecule has 2 heterocycles. The summed E-state index contributed by atoms with van der Waals surface area (Å²) in [6.45, 7) is 9.36. The number of aliphatic hydroxyl groups is 3. The van der Waals surface area contributed by atoms with E-state index in [-0.39, 0.29) is 23.5 Å². The monoisotopic (exact) mass is 431 g/mol. The first-order valence-corrected chi connectivity index (χ1v) is 13.5. The summed E-state index contributed by atoms with van der Waals surface area (Å²) in [5, 5.41) is 33.3. The second-order valence-electron chi connectivity index (χ2n) is 13.4. The van der Waals surface area contributed by atoms with Crippen LogP contribution in [-0.2, 0) is 0 Å². The summed E-state index contributed by atoms with van der Waals surface area (Å²) in [7, 11) is 0. The molecule has 6 aliphatic rings. The van der Waals surface area contributed by atoms with Gasteiger partial charge in [0.05, 0.1) is 17.8 Å². The zero-order chi connectivity index (χ0) is 21.7. The number of rotatable bonds is 0. The van der Waals surface area contributed by atoms with Crippen LogP contribution in [0.1, 0.15) is 78.6 Å². The van der Waals surface area contributed by atoms with Crippen LogP contribution in [0.5, 0.6) is 0 Å². The Kier molecular flexibility index (Phi) is 4.94. The Morgan fingerprint density at radius 1 is 0.742 bits per heavy atom. The van der Waals surface area contributed by atoms with Crippen molar-refractivity contribution in [1.82, 2.24) is 4.90 Å². The third-order valence-corrected chi connectivity index (χ3v) is 12.0. The van der Waals surface area contributed by atoms with Gasteiger partial charge in [0.1, 0.15) is 0 Å². The van der Waals surface area contributed by atoms with Crippen LogP contribution in [0.3, 0.4) is 0 Å². The molecule has 0 bridgehead atoms. The highest BCUT2D eigenvalue weighted by molar-refractivity contribution is 5.14. The van der Waals surface area contributed by atoms with E-state index in [0.717, 1.165) is 50.5 Å². The minimum atomic E-state index is -0.553. The molecule has 176 valence electrons. The quantitative estimate of drug-likeness (QED) is 0.547. The van der Waals surface area contributed by atoms with Gasteiger partial charge in [-0.05, 0) is 117 Å². The van der Waals surface area contributed by atoms with E-state index < -0.39 is 5.60 Å². The maximum Gasteiger partial charge on any atom is 0.0805 e. The number of hydrogen-bond donors (Lipinski definition) is 3. The van der Waals surface area contributed by atoms with Crippen LogP contribution in [0.4, 0.5) is 0 Å². The molecule has 4 saturated carbocycles. The highest BCUT2D eigenvalue weighted by Crippen LogP contribution is 2.67. The molecule has 3 N–H and O–H groups in total. The molecule has 6 fully saturated rings. The fourth-order valence-corrected chi connectivity index (χ4v) is 10.6. The molecule has 4 aliphatic carbocycles. The highest BCUT2D eigenvalue weighted by Gasteiger charge is 2.64. The molecule has 2 saturated heterocycles. The van der Waals surface area contributed by atoms with Gasteiger partial charge >= 0.3 is 0 Å². The Morgan fingerprint density at radius 2 is 1.55 bits per heavy atom. The lowest BCUT2D eigenvalue weighted by Crippen LogP contribution is -2.67. The molecule has 0 aromatic rings. The van der Waals surface area contributed by atoms with Gasteiger partial charge < -0.3 is 15.3 Å². The van der Waals surface area contributed by atoms with Crippen molar-refractivity contribution in [2.24, 2.45) is 52.8 Å². The van der Waals surface area contributed by atoms with Gasteiger partial charge in [0, 0.05) is 19.1 Å². The molecule has 31 heavy (non-hydrogen) atoms. The summed E-state index contributed by atoms with van der Waals surface area (Å²) in [5.74, 6) is 4.89. The lowest BCUT2D eigenvalue weighted by Gasteiger charge is -2.60. The van der Waals surface area contributed by atoms with E-state index >= 15 is 0 Å². The number of hydrogen-bond acceptors (Lipinski definition) is 4. The van der Waals surface area contributed by atoms with Gasteiger partial charge in [-0.2, -0.15) is 0 Å². The Labute approximate surface area is 188 Å². The van der Waals surface area contributed by atoms with Crippen LogP contribution in [0, 0.1) is 52.8 Å². The molecule has 2 aliphatic heterocycles. The highest BCUT2D eigenvalue weighted by atomic mass is 16.3. The third-order valence-electron chi connectivity index (χ3n) is 12.0. The van der Waals surface area contributed by atoms with Crippen molar-refractivity contribution >= 4 is 0 Å². The van der Waals surface area contributed by atoms with Gasteiger partial charge in [-0.15, -0.1) is 0 Å². The standard InChI is InChI=1S/C27H45NO3/c1-15-4-7-25-27(3,31)21-6-5-17-18(20(21)14-28(25)13-15)11-22-19(17)12-24(30)23-10-16(29)8-9-26(22,23)2/h15-25,29-31H,4-14H2,1-3H3/t15-,16+,17-,18-,19+,20+,21-,22+,23-,24-,25+,26-,27+/m1/s1. The summed E-state index contributed by atoms with van der Waals surface area (Å²) in [4.78, 5) is 2.68. The van der Waals surface area contributed by atoms with Gasteiger partial charge in [-0.25, -0.2) is 0 Å². The van der Waals surface area contributed by atoms with Crippen molar-refractivity contribution < 1.29 is 15.3 Å². The van der Waals surface area contributed by atoms with E-state index in [0.29, 0.717) is 35.6 Å². The van der Waals surface area contributed by atoms with Crippen molar-refractivity contribution in [1.29, 1.82) is 0 Å². The normalized spacial score (nSPS) is 61.5. The minimum Gasteiger partial charge on any atom is -0.393 e. The van der Waals surface area contributed by atoms with Gasteiger partial charge in [0.25, 0.3) is 0 Å². The molecule has 0 spiro atoms. The predicted molar refractivity (Wildman–Crippen MR) is 121 cm³/mol. The average Bonchev–Trinajstić information content (AvgIpc) is 3.09. The van der Waals surface area contributed by atoms with E-state index in [1.54, 1.807) is 0 Å². The largest absolute Gasteiger partial charge is 0.393 e. The molecular weight excluding hydrogens is 386 g/mol. The van der Waals surface area contributed by atoms with Crippen LogP contribution >= 0.6 is 0 Å². The number of nitrogens with zero attached hydrogens (tertiary/aromatic N) is 1. The SMILES string of the molecule is C[C@@H]1CC[C@@H]2N(C1)C[C@H]1[C@@H]3C[C@H]4[C@@H](C[C@@H](O)[C@H]5C[C@@H](O)CC[C@@]54C)[C@@H]3CC[C@H]1[C@]2(C)O. The minimum absolute atomic E-state index is 0.188. The molecular formula is C27H45NO3. The first-order chi connectivity index (χ1) is 14.7. The van der Waals surface area contributed by atoms with Crippen LogP contribution in [0.25, 0.3) is 0 Å². The average molecular weight is 432 g/mol. The van der Waals surface area contributed by atoms with Gasteiger partial charge in [-0.1, -0.05) is 13.8 Å². The zero-order valence-corrected chi connectivity index (χ0v) is 19.9. The molecule has 0 amide bonds. The van der Waals surface area contributed by atoms with Crippen LogP contribution in [-0.4, -0.2) is 57.2 Å². The Morgan fingerprint density at radius 3 is 2.35 bits per heavy atom. The first kappa shape index (κ1) is 21.4. The van der Waals surface area contributed by atoms with Crippen LogP contribution in [0.15, 0.2) is 0 Å². The molecule has 0 radical (unpaired) electrons. The topological polar surface area (TPSA) is 63.9 Å². The second-order valence-corrected chi connectivity index (χ2v) is 13.4. The smallest absolute Gasteiger partial charge is 0.0805 e. The van der Waals surface area contributed by atoms with Crippen LogP contribution in [0.2, 0.25) is 0 Å². The van der Waals surface area contributed by atoms with Gasteiger partial charge in [0.2, 0.25) is 0 Å². The summed E-state index contributed by atoms with van der Waals surface area (Å²) in [6.07, 6.45) is 9.43. The van der Waals surface area contributed by atoms with Crippen molar-refractivity contribution in [3.63, 3.8) is 0 Å². The van der Waals surface area contributed by atoms with E-state index in [1.165, 1.54) is 32.2 Å². The fraction of sp³-hybridized carbons (Fsp3) is 1.00. The van der Waals surface area contributed by atoms with Gasteiger partial charge in [0.15, 0.2) is 0 Å². The molecule has 13 atom stereocenters. The Balaban J connectivity index is 1.30. The summed E-state index contributed by atoms with van der Waals surface area (Å²) >= 11 is 0. The van der Waals surface area contributed by atoms with Crippen LogP contribution < -0.4 is 0 Å². The third kappa shape index (κ3) is 3.00. The summed E-state index contributed by atoms with van der Waals surface area (Å²) < 4.78 is 0. The number of fused-ring (bicyclic) bond motifs is 8. The lowest BCUT2D eigenvalue weighted by atomic mass is 9.51. The van der Waals surface area contributed by atoms with E-state index in [9.17, 15) is 15.3 Å². The van der Waals surface area contributed by atoms with Crippen molar-refractivity contribution in [2.75, 3.05) is 13.1 Å². The van der Waals surface area contributed by atoms with Crippen molar-refractivity contribution in [3.05, 3.63) is 0 Å². The number of aliphatic hydroxyl groups excluding tert-OH is 2. The molecule has 6 rings (SSSR count). The lowest BCUT2D eigenvalue weighted by molar-refractivity contribution is -0.176. The maximum atomic E-state index is 11.8. The molecule has 0 unspecified atom stereocenters. The van der Waals surface area contributed by atoms with Crippen molar-refractivity contribution in [3.8, 4) is 0 Å². The second kappa shape index (κ2) is 7.17. The number of piperidine rings is 2. The Hall–Kier alpha value is -0.160. The zero-order valence-electron chi connectivity index (χ0n) is 19.9. The fourth-order valence-electron chi connectivity index (χ4n) is 10.6. The van der Waals surface area contributed by atoms with E-state index in [2.05, 4.69) is 25.7 Å². The molecule has 0 aromatic carbocycles. The van der Waals surface area contributed by atoms with E-state index in [1.807, 2.05) is 0 Å².